The minimum Gasteiger partial charge on any atom is -0.339 e. The lowest BCUT2D eigenvalue weighted by Crippen LogP contribution is -2.54. The number of hydrogen-bond donors (Lipinski definition) is 1. The molecule has 2 amide bonds. The van der Waals surface area contributed by atoms with Crippen LogP contribution < -0.4 is 5.73 Å². The second-order valence-electron chi connectivity index (χ2n) is 7.65. The Bertz CT molecular complexity index is 397. The van der Waals surface area contributed by atoms with Crippen molar-refractivity contribution in [3.63, 3.8) is 0 Å². The number of nitrogens with two attached hydrogens (primary N) is 1. The van der Waals surface area contributed by atoms with Crippen molar-refractivity contribution in [3.05, 3.63) is 0 Å². The molecule has 0 radical (unpaired) electrons. The van der Waals surface area contributed by atoms with E-state index in [9.17, 15) is 9.59 Å². The molecule has 5 nitrogen and oxygen atoms in total. The molecule has 1 heterocycles. The number of carbonyl (C=O) groups is 2. The van der Waals surface area contributed by atoms with E-state index in [0.29, 0.717) is 44.4 Å². The van der Waals surface area contributed by atoms with Crippen molar-refractivity contribution < 1.29 is 9.59 Å². The lowest BCUT2D eigenvalue weighted by atomic mass is 9.86. The molecule has 23 heavy (non-hydrogen) atoms. The Kier molecular flexibility index (Phi) is 6.88. The van der Waals surface area contributed by atoms with Gasteiger partial charge in [-0.25, -0.2) is 0 Å². The van der Waals surface area contributed by atoms with Gasteiger partial charge in [0.05, 0.1) is 6.04 Å². The molecule has 2 N–H and O–H groups in total. The van der Waals surface area contributed by atoms with Gasteiger partial charge in [0.2, 0.25) is 11.8 Å². The zero-order valence-corrected chi connectivity index (χ0v) is 14.8. The van der Waals surface area contributed by atoms with Gasteiger partial charge in [0, 0.05) is 32.6 Å². The van der Waals surface area contributed by atoms with Gasteiger partial charge in [-0.3, -0.25) is 9.59 Å². The third kappa shape index (κ3) is 5.48. The van der Waals surface area contributed by atoms with Crippen LogP contribution in [0, 0.1) is 11.8 Å². The first-order valence-corrected chi connectivity index (χ1v) is 9.29. The maximum Gasteiger partial charge on any atom is 0.239 e. The predicted octanol–water partition coefficient (Wildman–Crippen LogP) is 2.00. The predicted molar refractivity (Wildman–Crippen MR) is 91.8 cm³/mol. The summed E-state index contributed by atoms with van der Waals surface area (Å²) in [5, 5.41) is 0. The number of nitrogens with zero attached hydrogens (tertiary/aromatic N) is 2. The summed E-state index contributed by atoms with van der Waals surface area (Å²) in [7, 11) is 0. The summed E-state index contributed by atoms with van der Waals surface area (Å²) in [5.74, 6) is 1.32. The van der Waals surface area contributed by atoms with Crippen molar-refractivity contribution in [1.29, 1.82) is 0 Å². The van der Waals surface area contributed by atoms with Crippen molar-refractivity contribution in [1.82, 2.24) is 9.80 Å². The van der Waals surface area contributed by atoms with Gasteiger partial charge in [0.25, 0.3) is 0 Å². The van der Waals surface area contributed by atoms with Crippen molar-refractivity contribution in [2.24, 2.45) is 17.6 Å². The molecule has 0 aromatic heterocycles. The molecular formula is C18H33N3O2. The van der Waals surface area contributed by atoms with Crippen molar-refractivity contribution in [2.75, 3.05) is 26.2 Å². The van der Waals surface area contributed by atoms with Gasteiger partial charge in [-0.2, -0.15) is 0 Å². The summed E-state index contributed by atoms with van der Waals surface area (Å²) in [5.41, 5.74) is 6.00. The van der Waals surface area contributed by atoms with E-state index in [-0.39, 0.29) is 11.8 Å². The Morgan fingerprint density at radius 1 is 1.00 bits per heavy atom. The summed E-state index contributed by atoms with van der Waals surface area (Å²) in [4.78, 5) is 28.5. The summed E-state index contributed by atoms with van der Waals surface area (Å²) in [6.45, 7) is 6.73. The van der Waals surface area contributed by atoms with Crippen molar-refractivity contribution in [3.8, 4) is 0 Å². The van der Waals surface area contributed by atoms with Crippen LogP contribution in [0.1, 0.15) is 58.8 Å². The molecule has 2 fully saturated rings. The topological polar surface area (TPSA) is 66.6 Å². The van der Waals surface area contributed by atoms with E-state index in [1.165, 1.54) is 32.1 Å². The molecule has 2 aliphatic rings. The van der Waals surface area contributed by atoms with Crippen LogP contribution in [0.2, 0.25) is 0 Å². The van der Waals surface area contributed by atoms with Crippen LogP contribution in [0.15, 0.2) is 0 Å². The first-order valence-electron chi connectivity index (χ1n) is 9.29. The summed E-state index contributed by atoms with van der Waals surface area (Å²) >= 11 is 0. The molecule has 5 heteroatoms. The smallest absolute Gasteiger partial charge is 0.239 e. The standard InChI is InChI=1S/C18H33N3O2/c1-14(2)12-16(19)18(23)21-10-8-20(9-11-21)17(22)13-15-6-4-3-5-7-15/h14-16H,3-13,19H2,1-2H3/t16-/m0/s1. The molecule has 0 unspecified atom stereocenters. The molecule has 0 bridgehead atoms. The van der Waals surface area contributed by atoms with Crippen LogP contribution in [0.4, 0.5) is 0 Å². The molecule has 1 saturated heterocycles. The largest absolute Gasteiger partial charge is 0.339 e. The molecule has 0 spiro atoms. The van der Waals surface area contributed by atoms with E-state index < -0.39 is 6.04 Å². The minimum atomic E-state index is -0.403. The number of piperazine rings is 1. The zero-order valence-electron chi connectivity index (χ0n) is 14.8. The van der Waals surface area contributed by atoms with Gasteiger partial charge in [-0.1, -0.05) is 33.1 Å². The Labute approximate surface area is 140 Å². The van der Waals surface area contributed by atoms with Gasteiger partial charge >= 0.3 is 0 Å². The molecule has 0 aromatic rings. The van der Waals surface area contributed by atoms with Crippen LogP contribution in [0.3, 0.4) is 0 Å². The van der Waals surface area contributed by atoms with Crippen molar-refractivity contribution >= 4 is 11.8 Å². The first kappa shape index (κ1) is 18.2. The van der Waals surface area contributed by atoms with E-state index in [4.69, 9.17) is 5.73 Å². The fourth-order valence-electron chi connectivity index (χ4n) is 3.79. The van der Waals surface area contributed by atoms with Gasteiger partial charge in [0.1, 0.15) is 0 Å². The second kappa shape index (κ2) is 8.67. The zero-order chi connectivity index (χ0) is 16.8. The van der Waals surface area contributed by atoms with Gasteiger partial charge in [-0.05, 0) is 31.1 Å². The first-order chi connectivity index (χ1) is 11.0. The van der Waals surface area contributed by atoms with Crippen LogP contribution in [0.5, 0.6) is 0 Å². The van der Waals surface area contributed by atoms with Crippen LogP contribution in [-0.2, 0) is 9.59 Å². The van der Waals surface area contributed by atoms with Crippen LogP contribution in [0.25, 0.3) is 0 Å². The summed E-state index contributed by atoms with van der Waals surface area (Å²) < 4.78 is 0. The number of carbonyl (C=O) groups excluding carboxylic acids is 2. The quantitative estimate of drug-likeness (QED) is 0.841. The van der Waals surface area contributed by atoms with Gasteiger partial charge < -0.3 is 15.5 Å². The van der Waals surface area contributed by atoms with E-state index >= 15 is 0 Å². The van der Waals surface area contributed by atoms with E-state index in [1.807, 2.05) is 9.80 Å². The van der Waals surface area contributed by atoms with E-state index in [1.54, 1.807) is 0 Å². The highest BCUT2D eigenvalue weighted by Gasteiger charge is 2.28. The molecule has 1 saturated carbocycles. The highest BCUT2D eigenvalue weighted by atomic mass is 16.2. The lowest BCUT2D eigenvalue weighted by molar-refractivity contribution is -0.141. The third-order valence-corrected chi connectivity index (χ3v) is 5.17. The van der Waals surface area contributed by atoms with Crippen LogP contribution >= 0.6 is 0 Å². The van der Waals surface area contributed by atoms with Crippen molar-refractivity contribution in [2.45, 2.75) is 64.8 Å². The second-order valence-corrected chi connectivity index (χ2v) is 7.65. The number of amides is 2. The third-order valence-electron chi connectivity index (χ3n) is 5.17. The molecule has 1 atom stereocenters. The molecule has 1 aliphatic heterocycles. The maximum atomic E-state index is 12.4. The fourth-order valence-corrected chi connectivity index (χ4v) is 3.79. The van der Waals surface area contributed by atoms with E-state index in [0.717, 1.165) is 6.42 Å². The summed E-state index contributed by atoms with van der Waals surface area (Å²) in [6.07, 6.45) is 7.69. The molecule has 2 rings (SSSR count). The molecular weight excluding hydrogens is 290 g/mol. The molecule has 0 aromatic carbocycles. The maximum absolute atomic E-state index is 12.4. The Morgan fingerprint density at radius 2 is 1.57 bits per heavy atom. The highest BCUT2D eigenvalue weighted by molar-refractivity contribution is 5.82. The fraction of sp³-hybridized carbons (Fsp3) is 0.889. The average molecular weight is 323 g/mol. The number of rotatable bonds is 5. The van der Waals surface area contributed by atoms with Gasteiger partial charge in [0.15, 0.2) is 0 Å². The lowest BCUT2D eigenvalue weighted by Gasteiger charge is -2.37. The molecule has 1 aliphatic carbocycles. The van der Waals surface area contributed by atoms with Gasteiger partial charge in [-0.15, -0.1) is 0 Å². The molecule has 132 valence electrons. The normalized spacial score (nSPS) is 21.6. The monoisotopic (exact) mass is 323 g/mol. The highest BCUT2D eigenvalue weighted by Crippen LogP contribution is 2.27. The summed E-state index contributed by atoms with van der Waals surface area (Å²) in [6, 6.07) is -0.403. The minimum absolute atomic E-state index is 0.0399. The Morgan fingerprint density at radius 3 is 2.13 bits per heavy atom. The van der Waals surface area contributed by atoms with E-state index in [2.05, 4.69) is 13.8 Å². The SMILES string of the molecule is CC(C)C[C@H](N)C(=O)N1CCN(C(=O)CC2CCCCC2)CC1. The number of hydrogen-bond acceptors (Lipinski definition) is 3. The Balaban J connectivity index is 1.74. The average Bonchev–Trinajstić information content (AvgIpc) is 2.54. The van der Waals surface area contributed by atoms with Crippen LogP contribution in [-0.4, -0.2) is 53.8 Å². The Hall–Kier alpha value is -1.10.